The Morgan fingerprint density at radius 2 is 1.88 bits per heavy atom. The quantitative estimate of drug-likeness (QED) is 0.734. The maximum absolute atomic E-state index is 12.8. The number of carbonyl (C=O) groups is 1. The lowest BCUT2D eigenvalue weighted by Crippen LogP contribution is -2.27. The fourth-order valence-electron chi connectivity index (χ4n) is 1.86. The van der Waals surface area contributed by atoms with Gasteiger partial charge in [0.2, 0.25) is 0 Å². The van der Waals surface area contributed by atoms with Gasteiger partial charge in [-0.1, -0.05) is 12.1 Å². The van der Waals surface area contributed by atoms with Gasteiger partial charge in [-0.15, -0.1) is 0 Å². The van der Waals surface area contributed by atoms with Crippen LogP contribution in [0.2, 0.25) is 0 Å². The lowest BCUT2D eigenvalue weighted by molar-refractivity contribution is -0.171. The van der Waals surface area contributed by atoms with Crippen molar-refractivity contribution in [3.63, 3.8) is 0 Å². The number of hydrogen-bond acceptors (Lipinski definition) is 3. The SMILES string of the molecule is O=CCCC1(c2ccc(F)cc2)OCCO1. The largest absolute Gasteiger partial charge is 0.343 e. The average molecular weight is 224 g/mol. The van der Waals surface area contributed by atoms with Gasteiger partial charge in [0, 0.05) is 18.4 Å². The first-order valence-corrected chi connectivity index (χ1v) is 5.24. The van der Waals surface area contributed by atoms with Crippen LogP contribution in [0.25, 0.3) is 0 Å². The molecule has 1 saturated heterocycles. The smallest absolute Gasteiger partial charge is 0.195 e. The van der Waals surface area contributed by atoms with Crippen molar-refractivity contribution in [1.29, 1.82) is 0 Å². The molecule has 3 nitrogen and oxygen atoms in total. The van der Waals surface area contributed by atoms with E-state index in [1.54, 1.807) is 12.1 Å². The number of ether oxygens (including phenoxy) is 2. The van der Waals surface area contributed by atoms with E-state index in [1.165, 1.54) is 12.1 Å². The van der Waals surface area contributed by atoms with E-state index in [9.17, 15) is 9.18 Å². The Balaban J connectivity index is 2.24. The Labute approximate surface area is 93.2 Å². The second-order valence-corrected chi connectivity index (χ2v) is 3.66. The highest BCUT2D eigenvalue weighted by atomic mass is 19.1. The maximum atomic E-state index is 12.8. The van der Waals surface area contributed by atoms with Crippen LogP contribution in [0.4, 0.5) is 4.39 Å². The molecule has 0 saturated carbocycles. The lowest BCUT2D eigenvalue weighted by atomic mass is 10.0. The molecule has 1 fully saturated rings. The first-order valence-electron chi connectivity index (χ1n) is 5.24. The van der Waals surface area contributed by atoms with Crippen LogP contribution in [0.5, 0.6) is 0 Å². The van der Waals surface area contributed by atoms with E-state index in [0.29, 0.717) is 26.1 Å². The zero-order valence-electron chi connectivity index (χ0n) is 8.82. The molecule has 0 spiro atoms. The number of halogens is 1. The predicted octanol–water partition coefficient (Wildman–Crippen LogP) is 2.00. The summed E-state index contributed by atoms with van der Waals surface area (Å²) in [4.78, 5) is 10.4. The summed E-state index contributed by atoms with van der Waals surface area (Å²) in [6.45, 7) is 0.993. The van der Waals surface area contributed by atoms with Gasteiger partial charge in [0.25, 0.3) is 0 Å². The molecule has 0 unspecified atom stereocenters. The second-order valence-electron chi connectivity index (χ2n) is 3.66. The van der Waals surface area contributed by atoms with Gasteiger partial charge in [0.15, 0.2) is 5.79 Å². The maximum Gasteiger partial charge on any atom is 0.195 e. The van der Waals surface area contributed by atoms with E-state index in [4.69, 9.17) is 9.47 Å². The minimum atomic E-state index is -0.866. The van der Waals surface area contributed by atoms with Gasteiger partial charge in [-0.2, -0.15) is 0 Å². The van der Waals surface area contributed by atoms with Crippen LogP contribution in [0.15, 0.2) is 24.3 Å². The molecule has 4 heteroatoms. The molecule has 0 amide bonds. The predicted molar refractivity (Wildman–Crippen MR) is 55.3 cm³/mol. The van der Waals surface area contributed by atoms with E-state index in [-0.39, 0.29) is 5.82 Å². The molecule has 1 aliphatic heterocycles. The minimum Gasteiger partial charge on any atom is -0.343 e. The Hall–Kier alpha value is -1.26. The average Bonchev–Trinajstić information content (AvgIpc) is 2.77. The van der Waals surface area contributed by atoms with Crippen LogP contribution in [0.3, 0.4) is 0 Å². The topological polar surface area (TPSA) is 35.5 Å². The van der Waals surface area contributed by atoms with Crippen molar-refractivity contribution in [3.8, 4) is 0 Å². The van der Waals surface area contributed by atoms with E-state index >= 15 is 0 Å². The number of hydrogen-bond donors (Lipinski definition) is 0. The highest BCUT2D eigenvalue weighted by Crippen LogP contribution is 2.35. The van der Waals surface area contributed by atoms with Crippen molar-refractivity contribution in [2.24, 2.45) is 0 Å². The first kappa shape index (κ1) is 11.2. The van der Waals surface area contributed by atoms with Crippen molar-refractivity contribution >= 4 is 6.29 Å². The lowest BCUT2D eigenvalue weighted by Gasteiger charge is -2.27. The number of carbonyl (C=O) groups excluding carboxylic acids is 1. The van der Waals surface area contributed by atoms with Crippen molar-refractivity contribution in [3.05, 3.63) is 35.6 Å². The zero-order valence-corrected chi connectivity index (χ0v) is 8.82. The molecule has 1 aromatic rings. The molecule has 0 radical (unpaired) electrons. The molecule has 1 heterocycles. The molecule has 1 aliphatic rings. The van der Waals surface area contributed by atoms with Gasteiger partial charge in [-0.3, -0.25) is 0 Å². The van der Waals surface area contributed by atoms with Gasteiger partial charge in [-0.05, 0) is 12.1 Å². The second kappa shape index (κ2) is 4.72. The summed E-state index contributed by atoms with van der Waals surface area (Å²) in [6.07, 6.45) is 1.65. The summed E-state index contributed by atoms with van der Waals surface area (Å²) in [5, 5.41) is 0. The summed E-state index contributed by atoms with van der Waals surface area (Å²) >= 11 is 0. The van der Waals surface area contributed by atoms with E-state index in [1.807, 2.05) is 0 Å². The minimum absolute atomic E-state index is 0.299. The Bertz CT molecular complexity index is 355. The Morgan fingerprint density at radius 3 is 2.44 bits per heavy atom. The van der Waals surface area contributed by atoms with Crippen LogP contribution >= 0.6 is 0 Å². The molecule has 0 N–H and O–H groups in total. The highest BCUT2D eigenvalue weighted by molar-refractivity contribution is 5.49. The highest BCUT2D eigenvalue weighted by Gasteiger charge is 2.37. The monoisotopic (exact) mass is 224 g/mol. The van der Waals surface area contributed by atoms with Gasteiger partial charge in [0.1, 0.15) is 12.1 Å². The molecule has 0 aliphatic carbocycles. The molecular weight excluding hydrogens is 211 g/mol. The molecular formula is C12H13FO3. The van der Waals surface area contributed by atoms with E-state index in [2.05, 4.69) is 0 Å². The zero-order chi connectivity index (χ0) is 11.4. The molecule has 0 bridgehead atoms. The van der Waals surface area contributed by atoms with Crippen LogP contribution in [0.1, 0.15) is 18.4 Å². The summed E-state index contributed by atoms with van der Waals surface area (Å²) in [7, 11) is 0. The van der Waals surface area contributed by atoms with Crippen LogP contribution in [-0.2, 0) is 20.1 Å². The van der Waals surface area contributed by atoms with E-state index in [0.717, 1.165) is 11.8 Å². The van der Waals surface area contributed by atoms with Crippen molar-refractivity contribution in [2.75, 3.05) is 13.2 Å². The molecule has 16 heavy (non-hydrogen) atoms. The summed E-state index contributed by atoms with van der Waals surface area (Å²) in [5.41, 5.74) is 0.758. The summed E-state index contributed by atoms with van der Waals surface area (Å²) < 4.78 is 23.9. The van der Waals surface area contributed by atoms with Gasteiger partial charge < -0.3 is 14.3 Å². The Morgan fingerprint density at radius 1 is 1.25 bits per heavy atom. The molecule has 0 aromatic heterocycles. The fraction of sp³-hybridized carbons (Fsp3) is 0.417. The summed E-state index contributed by atoms with van der Waals surface area (Å²) in [5.74, 6) is -1.17. The third kappa shape index (κ3) is 2.13. The van der Waals surface area contributed by atoms with Crippen LogP contribution in [0, 0.1) is 5.82 Å². The molecule has 2 rings (SSSR count). The number of aldehydes is 1. The van der Waals surface area contributed by atoms with Crippen molar-refractivity contribution in [1.82, 2.24) is 0 Å². The van der Waals surface area contributed by atoms with E-state index < -0.39 is 5.79 Å². The molecule has 1 aromatic carbocycles. The third-order valence-electron chi connectivity index (χ3n) is 2.63. The molecule has 86 valence electrons. The standard InChI is InChI=1S/C12H13FO3/c13-11-4-2-10(3-5-11)12(6-1-7-14)15-8-9-16-12/h2-5,7H,1,6,8-9H2. The fourth-order valence-corrected chi connectivity index (χ4v) is 1.86. The first-order chi connectivity index (χ1) is 7.77. The van der Waals surface area contributed by atoms with Gasteiger partial charge in [0.05, 0.1) is 13.2 Å². The normalized spacial score (nSPS) is 18.6. The van der Waals surface area contributed by atoms with Crippen molar-refractivity contribution in [2.45, 2.75) is 18.6 Å². The Kier molecular flexibility index (Phi) is 3.31. The van der Waals surface area contributed by atoms with Crippen molar-refractivity contribution < 1.29 is 18.7 Å². The third-order valence-corrected chi connectivity index (χ3v) is 2.63. The molecule has 0 atom stereocenters. The van der Waals surface area contributed by atoms with Crippen LogP contribution in [-0.4, -0.2) is 19.5 Å². The van der Waals surface area contributed by atoms with Gasteiger partial charge >= 0.3 is 0 Å². The number of rotatable bonds is 4. The van der Waals surface area contributed by atoms with Gasteiger partial charge in [-0.25, -0.2) is 4.39 Å². The number of benzene rings is 1. The summed E-state index contributed by atoms with van der Waals surface area (Å²) in [6, 6.07) is 5.99. The van der Waals surface area contributed by atoms with Crippen LogP contribution < -0.4 is 0 Å².